The number of esters is 1. The summed E-state index contributed by atoms with van der Waals surface area (Å²) in [7, 11) is 0. The predicted octanol–water partition coefficient (Wildman–Crippen LogP) is 4.42. The number of piperidine rings is 2. The van der Waals surface area contributed by atoms with E-state index in [1.807, 2.05) is 24.3 Å². The Morgan fingerprint density at radius 1 is 0.855 bits per heavy atom. The summed E-state index contributed by atoms with van der Waals surface area (Å²) in [5, 5.41) is 2.68. The summed E-state index contributed by atoms with van der Waals surface area (Å²) in [4.78, 5) is 65.3. The first-order chi connectivity index (χ1) is 29.8. The van der Waals surface area contributed by atoms with Gasteiger partial charge >= 0.3 is 24.3 Å². The second kappa shape index (κ2) is 20.9. The smallest absolute Gasteiger partial charge is 0.418 e. The average Bonchev–Trinajstić information content (AvgIpc) is 3.44. The molecule has 0 aromatic heterocycles. The van der Waals surface area contributed by atoms with E-state index < -0.39 is 35.5 Å². The van der Waals surface area contributed by atoms with Gasteiger partial charge in [-0.1, -0.05) is 29.8 Å². The van der Waals surface area contributed by atoms with Gasteiger partial charge in [0.1, 0.15) is 6.61 Å². The number of nitrogens with two attached hydrogens (primary N) is 1. The summed E-state index contributed by atoms with van der Waals surface area (Å²) in [6, 6.07) is 9.71. The zero-order chi connectivity index (χ0) is 43.8. The van der Waals surface area contributed by atoms with Gasteiger partial charge in [0.15, 0.2) is 6.10 Å². The Labute approximate surface area is 365 Å². The van der Waals surface area contributed by atoms with Crippen molar-refractivity contribution >= 4 is 47.0 Å². The molecule has 5 heterocycles. The Bertz CT molecular complexity index is 1880. The number of likely N-dealkylation sites (tertiary alicyclic amines) is 2. The van der Waals surface area contributed by atoms with Crippen molar-refractivity contribution in [2.45, 2.75) is 69.3 Å². The summed E-state index contributed by atoms with van der Waals surface area (Å²) < 4.78 is 58.6. The third-order valence-electron chi connectivity index (χ3n) is 12.8. The quantitative estimate of drug-likeness (QED) is 0.230. The SMILES string of the molecule is Nc1c(Cl)cc(C[C@@H](OC(=O)N2CCC(N3CCc4ccccc4NC3=O)CC2)C(=O)N2CCC(N3CCN(CCC(=O)OCCN4CCOCC4)CC3)CC2)cc1C(F)(F)F. The largest absolute Gasteiger partial charge is 0.464 e. The number of nitrogens with zero attached hydrogens (tertiary/aromatic N) is 6. The van der Waals surface area contributed by atoms with E-state index in [0.717, 1.165) is 56.6 Å². The van der Waals surface area contributed by atoms with E-state index in [0.29, 0.717) is 91.1 Å². The van der Waals surface area contributed by atoms with Crippen molar-refractivity contribution in [3.8, 4) is 0 Å². The number of fused-ring (bicyclic) bond motifs is 1. The van der Waals surface area contributed by atoms with E-state index in [4.69, 9.17) is 31.5 Å². The molecule has 4 fully saturated rings. The van der Waals surface area contributed by atoms with Gasteiger partial charge < -0.3 is 44.9 Å². The maximum atomic E-state index is 14.2. The number of alkyl halides is 3. The Kier molecular flexibility index (Phi) is 15.4. The predicted molar refractivity (Wildman–Crippen MR) is 226 cm³/mol. The molecule has 0 aliphatic carbocycles. The van der Waals surface area contributed by atoms with Crippen LogP contribution in [-0.2, 0) is 42.8 Å². The third kappa shape index (κ3) is 11.8. The molecule has 5 aliphatic heterocycles. The number of ether oxygens (including phenoxy) is 3. The number of para-hydroxylation sites is 1. The fraction of sp³-hybridized carbons (Fsp3) is 0.628. The first kappa shape index (κ1) is 45.7. The highest BCUT2D eigenvalue weighted by atomic mass is 35.5. The Morgan fingerprint density at radius 3 is 2.23 bits per heavy atom. The molecule has 19 heteroatoms. The van der Waals surface area contributed by atoms with Gasteiger partial charge in [0.05, 0.1) is 35.9 Å². The molecule has 7 rings (SSSR count). The standard InChI is InChI=1S/C43H58ClF3N8O7/c44-35-28-30(27-34(39(35)48)43(45,46)47)29-37(62-42(59)54-14-8-33(9-15-54)55-16-5-31-3-1-2-4-36(31)49-41(55)58)40(57)53-12-6-32(7-13-53)52-19-17-50(18-20-52)11-10-38(56)61-26-23-51-21-24-60-25-22-51/h1-4,27-28,32-33,37H,5-26,29,48H2,(H,49,58)/t37-/m1/s1. The van der Waals surface area contributed by atoms with Gasteiger partial charge in [0.25, 0.3) is 5.91 Å². The van der Waals surface area contributed by atoms with Gasteiger partial charge in [-0.05, 0) is 61.4 Å². The van der Waals surface area contributed by atoms with Gasteiger partial charge in [-0.25, -0.2) is 9.59 Å². The highest BCUT2D eigenvalue weighted by molar-refractivity contribution is 6.33. The second-order valence-electron chi connectivity index (χ2n) is 16.7. The number of carbonyl (C=O) groups is 4. The maximum absolute atomic E-state index is 14.2. The van der Waals surface area contributed by atoms with Crippen LogP contribution in [0.3, 0.4) is 0 Å². The molecule has 0 saturated carbocycles. The fourth-order valence-corrected chi connectivity index (χ4v) is 9.40. The molecule has 2 aromatic carbocycles. The van der Waals surface area contributed by atoms with Crippen LogP contribution in [-0.4, -0.2) is 176 Å². The first-order valence-electron chi connectivity index (χ1n) is 21.8. The molecule has 3 N–H and O–H groups in total. The number of hydrogen-bond donors (Lipinski definition) is 2. The highest BCUT2D eigenvalue weighted by Gasteiger charge is 2.38. The van der Waals surface area contributed by atoms with Crippen LogP contribution in [0, 0.1) is 0 Å². The van der Waals surface area contributed by atoms with Gasteiger partial charge in [-0.3, -0.25) is 19.4 Å². The summed E-state index contributed by atoms with van der Waals surface area (Å²) in [5.74, 6) is -0.687. The minimum absolute atomic E-state index is 0.0589. The molecule has 2 aromatic rings. The number of morpholine rings is 1. The number of nitrogens with one attached hydrogen (secondary N) is 1. The minimum Gasteiger partial charge on any atom is -0.464 e. The Morgan fingerprint density at radius 2 is 1.52 bits per heavy atom. The Balaban J connectivity index is 0.911. The van der Waals surface area contributed by atoms with Crippen LogP contribution in [0.1, 0.15) is 48.8 Å². The molecule has 340 valence electrons. The first-order valence-corrected chi connectivity index (χ1v) is 22.2. The second-order valence-corrected chi connectivity index (χ2v) is 17.1. The third-order valence-corrected chi connectivity index (χ3v) is 13.2. The van der Waals surface area contributed by atoms with Crippen molar-refractivity contribution in [2.75, 3.05) is 116 Å². The number of anilines is 2. The van der Waals surface area contributed by atoms with Crippen LogP contribution in [0.15, 0.2) is 36.4 Å². The van der Waals surface area contributed by atoms with Crippen molar-refractivity contribution in [3.05, 3.63) is 58.1 Å². The zero-order valence-electron chi connectivity index (χ0n) is 35.1. The lowest BCUT2D eigenvalue weighted by molar-refractivity contribution is -0.145. The molecule has 0 bridgehead atoms. The number of nitrogen functional groups attached to an aromatic ring is 1. The van der Waals surface area contributed by atoms with E-state index in [2.05, 4.69) is 20.0 Å². The molecule has 4 amide bonds. The highest BCUT2D eigenvalue weighted by Crippen LogP contribution is 2.38. The number of rotatable bonds is 12. The van der Waals surface area contributed by atoms with Crippen LogP contribution >= 0.6 is 11.6 Å². The molecule has 1 atom stereocenters. The van der Waals surface area contributed by atoms with Crippen LogP contribution in [0.25, 0.3) is 0 Å². The van der Waals surface area contributed by atoms with Gasteiger partial charge in [-0.15, -0.1) is 0 Å². The number of urea groups is 1. The van der Waals surface area contributed by atoms with E-state index >= 15 is 0 Å². The van der Waals surface area contributed by atoms with Crippen LogP contribution in [0.4, 0.5) is 34.1 Å². The molecule has 4 saturated heterocycles. The molecule has 62 heavy (non-hydrogen) atoms. The normalized spacial score (nSPS) is 20.9. The van der Waals surface area contributed by atoms with Crippen LogP contribution < -0.4 is 11.1 Å². The summed E-state index contributed by atoms with van der Waals surface area (Å²) in [6.07, 6.45) is -3.93. The topological polar surface area (TPSA) is 153 Å². The number of piperazine rings is 1. The summed E-state index contributed by atoms with van der Waals surface area (Å²) in [5.41, 5.74) is 5.85. The van der Waals surface area contributed by atoms with Crippen molar-refractivity contribution in [3.63, 3.8) is 0 Å². The number of hydrogen-bond acceptors (Lipinski definition) is 11. The fourth-order valence-electron chi connectivity index (χ4n) is 9.16. The molecular formula is C43H58ClF3N8O7. The van der Waals surface area contributed by atoms with Crippen molar-refractivity contribution in [2.24, 2.45) is 0 Å². The lowest BCUT2D eigenvalue weighted by atomic mass is 9.99. The molecule has 0 unspecified atom stereocenters. The molecule has 15 nitrogen and oxygen atoms in total. The molecular weight excluding hydrogens is 833 g/mol. The lowest BCUT2D eigenvalue weighted by Crippen LogP contribution is -2.55. The summed E-state index contributed by atoms with van der Waals surface area (Å²) >= 11 is 6.16. The number of benzene rings is 2. The molecule has 5 aliphatic rings. The van der Waals surface area contributed by atoms with E-state index in [1.165, 1.54) is 11.0 Å². The van der Waals surface area contributed by atoms with E-state index in [1.54, 1.807) is 9.80 Å². The minimum atomic E-state index is -4.79. The summed E-state index contributed by atoms with van der Waals surface area (Å²) in [6.45, 7) is 9.90. The molecule has 0 spiro atoms. The van der Waals surface area contributed by atoms with Crippen molar-refractivity contribution in [1.82, 2.24) is 29.4 Å². The van der Waals surface area contributed by atoms with E-state index in [-0.39, 0.29) is 54.2 Å². The van der Waals surface area contributed by atoms with Crippen molar-refractivity contribution < 1.29 is 46.6 Å². The molecule has 0 radical (unpaired) electrons. The average molecular weight is 891 g/mol. The van der Waals surface area contributed by atoms with Crippen molar-refractivity contribution in [1.29, 1.82) is 0 Å². The van der Waals surface area contributed by atoms with E-state index in [9.17, 15) is 32.3 Å². The zero-order valence-corrected chi connectivity index (χ0v) is 35.8. The maximum Gasteiger partial charge on any atom is 0.418 e. The number of halogens is 4. The number of amides is 4. The van der Waals surface area contributed by atoms with Gasteiger partial charge in [0, 0.05) is 109 Å². The monoisotopic (exact) mass is 890 g/mol. The Hall–Kier alpha value is -4.36. The van der Waals surface area contributed by atoms with Crippen LogP contribution in [0.5, 0.6) is 0 Å². The van der Waals surface area contributed by atoms with Gasteiger partial charge in [-0.2, -0.15) is 13.2 Å². The lowest BCUT2D eigenvalue weighted by Gasteiger charge is -2.43. The number of carbonyl (C=O) groups excluding carboxylic acids is 4. The van der Waals surface area contributed by atoms with Gasteiger partial charge in [0.2, 0.25) is 0 Å². The van der Waals surface area contributed by atoms with Crippen LogP contribution in [0.2, 0.25) is 5.02 Å².